The number of nitrogens with zero attached hydrogens (tertiary/aromatic N) is 3. The van der Waals surface area contributed by atoms with Crippen LogP contribution >= 0.6 is 11.3 Å². The van der Waals surface area contributed by atoms with Crippen LogP contribution in [0.25, 0.3) is 10.2 Å². The van der Waals surface area contributed by atoms with Crippen LogP contribution in [-0.4, -0.2) is 36.6 Å². The number of hydrogen-bond donors (Lipinski definition) is 0. The molecular formula is C21H19N3O3S2. The standard InChI is InChI=1S/C21H19N3O3S2/c22-14-17(21-23-18-6-2-3-7-19(18)28-21)20(25)15-8-10-16(11-9-15)29(26,27)24-12-4-1-5-13-24/h2-3,6-11,17H,1,4-5,12-13H2. The van der Waals surface area contributed by atoms with E-state index in [4.69, 9.17) is 0 Å². The highest BCUT2D eigenvalue weighted by Gasteiger charge is 2.28. The van der Waals surface area contributed by atoms with Crippen LogP contribution in [0.3, 0.4) is 0 Å². The maximum atomic E-state index is 12.9. The number of fused-ring (bicyclic) bond motifs is 1. The number of rotatable bonds is 5. The molecular weight excluding hydrogens is 406 g/mol. The Kier molecular flexibility index (Phi) is 5.46. The highest BCUT2D eigenvalue weighted by molar-refractivity contribution is 7.89. The highest BCUT2D eigenvalue weighted by Crippen LogP contribution is 2.30. The number of carbonyl (C=O) groups is 1. The van der Waals surface area contributed by atoms with E-state index in [1.165, 1.54) is 39.9 Å². The van der Waals surface area contributed by atoms with Gasteiger partial charge in [0.25, 0.3) is 0 Å². The van der Waals surface area contributed by atoms with Crippen LogP contribution < -0.4 is 0 Å². The molecule has 2 heterocycles. The molecule has 0 spiro atoms. The van der Waals surface area contributed by atoms with Gasteiger partial charge < -0.3 is 0 Å². The lowest BCUT2D eigenvalue weighted by Crippen LogP contribution is -2.35. The average Bonchev–Trinajstić information content (AvgIpc) is 3.18. The molecule has 0 radical (unpaired) electrons. The van der Waals surface area contributed by atoms with Crippen LogP contribution in [0.1, 0.15) is 40.5 Å². The van der Waals surface area contributed by atoms with Crippen molar-refractivity contribution in [3.05, 3.63) is 59.1 Å². The van der Waals surface area contributed by atoms with Crippen molar-refractivity contribution in [2.45, 2.75) is 30.1 Å². The largest absolute Gasteiger partial charge is 0.292 e. The van der Waals surface area contributed by atoms with Gasteiger partial charge in [-0.25, -0.2) is 13.4 Å². The Morgan fingerprint density at radius 3 is 2.41 bits per heavy atom. The van der Waals surface area contributed by atoms with Gasteiger partial charge in [-0.2, -0.15) is 9.57 Å². The second-order valence-electron chi connectivity index (χ2n) is 6.94. The summed E-state index contributed by atoms with van der Waals surface area (Å²) in [6, 6.07) is 15.4. The first-order valence-electron chi connectivity index (χ1n) is 9.40. The molecule has 1 saturated heterocycles. The van der Waals surface area contributed by atoms with Crippen molar-refractivity contribution in [2.24, 2.45) is 0 Å². The van der Waals surface area contributed by atoms with E-state index in [1.54, 1.807) is 0 Å². The third-order valence-corrected chi connectivity index (χ3v) is 8.05. The quantitative estimate of drug-likeness (QED) is 0.577. The van der Waals surface area contributed by atoms with Gasteiger partial charge in [0.1, 0.15) is 5.01 Å². The third kappa shape index (κ3) is 3.81. The van der Waals surface area contributed by atoms with E-state index in [1.807, 2.05) is 30.3 Å². The van der Waals surface area contributed by atoms with E-state index in [2.05, 4.69) is 4.98 Å². The van der Waals surface area contributed by atoms with Crippen LogP contribution in [0.15, 0.2) is 53.4 Å². The minimum Gasteiger partial charge on any atom is -0.292 e. The van der Waals surface area contributed by atoms with E-state index in [-0.39, 0.29) is 10.7 Å². The number of piperidine rings is 1. The Labute approximate surface area is 173 Å². The Morgan fingerprint density at radius 2 is 1.76 bits per heavy atom. The summed E-state index contributed by atoms with van der Waals surface area (Å²) in [5.41, 5.74) is 1.05. The molecule has 0 saturated carbocycles. The monoisotopic (exact) mass is 425 g/mol. The van der Waals surface area contributed by atoms with E-state index >= 15 is 0 Å². The number of carbonyl (C=O) groups excluding carboxylic acids is 1. The molecule has 148 valence electrons. The molecule has 1 aliphatic rings. The molecule has 1 unspecified atom stereocenters. The minimum atomic E-state index is -3.55. The molecule has 8 heteroatoms. The maximum absolute atomic E-state index is 12.9. The topological polar surface area (TPSA) is 91.1 Å². The Bertz CT molecular complexity index is 1150. The second-order valence-corrected chi connectivity index (χ2v) is 9.94. The Morgan fingerprint density at radius 1 is 1.07 bits per heavy atom. The van der Waals surface area contributed by atoms with Gasteiger partial charge in [-0.3, -0.25) is 4.79 Å². The molecule has 0 N–H and O–H groups in total. The summed E-state index contributed by atoms with van der Waals surface area (Å²) >= 11 is 1.32. The van der Waals surface area contributed by atoms with Crippen LogP contribution in [0.2, 0.25) is 0 Å². The zero-order valence-corrected chi connectivity index (χ0v) is 17.2. The molecule has 4 rings (SSSR count). The van der Waals surface area contributed by atoms with Gasteiger partial charge in [-0.15, -0.1) is 11.3 Å². The number of aromatic nitrogens is 1. The molecule has 0 bridgehead atoms. The summed E-state index contributed by atoms with van der Waals surface area (Å²) in [5.74, 6) is -1.40. The lowest BCUT2D eigenvalue weighted by molar-refractivity contribution is 0.0978. The van der Waals surface area contributed by atoms with Crippen molar-refractivity contribution < 1.29 is 13.2 Å². The molecule has 2 aromatic carbocycles. The summed E-state index contributed by atoms with van der Waals surface area (Å²) in [7, 11) is -3.55. The van der Waals surface area contributed by atoms with Crippen molar-refractivity contribution in [3.8, 4) is 6.07 Å². The van der Waals surface area contributed by atoms with E-state index in [0.29, 0.717) is 23.7 Å². The fourth-order valence-corrected chi connectivity index (χ4v) is 5.98. The van der Waals surface area contributed by atoms with Crippen molar-refractivity contribution in [2.75, 3.05) is 13.1 Å². The number of para-hydroxylation sites is 1. The number of thiazole rings is 1. The van der Waals surface area contributed by atoms with Gasteiger partial charge in [0.2, 0.25) is 10.0 Å². The van der Waals surface area contributed by atoms with Crippen molar-refractivity contribution in [1.82, 2.24) is 9.29 Å². The molecule has 3 aromatic rings. The van der Waals surface area contributed by atoms with Crippen molar-refractivity contribution >= 4 is 37.4 Å². The van der Waals surface area contributed by atoms with Gasteiger partial charge in [0.15, 0.2) is 11.7 Å². The summed E-state index contributed by atoms with van der Waals surface area (Å²) in [5, 5.41) is 10.0. The van der Waals surface area contributed by atoms with Gasteiger partial charge >= 0.3 is 0 Å². The molecule has 0 aliphatic carbocycles. The molecule has 6 nitrogen and oxygen atoms in total. The molecule has 1 atom stereocenters. The van der Waals surface area contributed by atoms with Crippen LogP contribution in [-0.2, 0) is 10.0 Å². The number of nitriles is 1. The third-order valence-electron chi connectivity index (χ3n) is 5.04. The smallest absolute Gasteiger partial charge is 0.243 e. The SMILES string of the molecule is N#CC(C(=O)c1ccc(S(=O)(=O)N2CCCCC2)cc1)c1nc2ccccc2s1. The Balaban J connectivity index is 1.59. The van der Waals surface area contributed by atoms with Crippen molar-refractivity contribution in [1.29, 1.82) is 5.26 Å². The first kappa shape index (κ1) is 19.7. The zero-order chi connectivity index (χ0) is 20.4. The number of sulfonamides is 1. The zero-order valence-electron chi connectivity index (χ0n) is 15.6. The summed E-state index contributed by atoms with van der Waals surface area (Å²) < 4.78 is 27.9. The van der Waals surface area contributed by atoms with Gasteiger partial charge in [0, 0.05) is 18.7 Å². The molecule has 1 aromatic heterocycles. The fraction of sp³-hybridized carbons (Fsp3) is 0.286. The predicted molar refractivity (Wildman–Crippen MR) is 111 cm³/mol. The first-order chi connectivity index (χ1) is 14.0. The number of hydrogen-bond acceptors (Lipinski definition) is 6. The average molecular weight is 426 g/mol. The van der Waals surface area contributed by atoms with E-state index in [0.717, 1.165) is 29.5 Å². The van der Waals surface area contributed by atoms with Crippen LogP contribution in [0.5, 0.6) is 0 Å². The lowest BCUT2D eigenvalue weighted by atomic mass is 9.99. The highest BCUT2D eigenvalue weighted by atomic mass is 32.2. The molecule has 1 fully saturated rings. The molecule has 1 aliphatic heterocycles. The number of benzene rings is 2. The maximum Gasteiger partial charge on any atom is 0.243 e. The van der Waals surface area contributed by atoms with Crippen molar-refractivity contribution in [3.63, 3.8) is 0 Å². The van der Waals surface area contributed by atoms with Gasteiger partial charge in [-0.1, -0.05) is 30.7 Å². The van der Waals surface area contributed by atoms with E-state index in [9.17, 15) is 18.5 Å². The number of Topliss-reactive ketones (excluding diaryl/α,β-unsaturated/α-hetero) is 1. The van der Waals surface area contributed by atoms with Gasteiger partial charge in [0.05, 0.1) is 21.2 Å². The second kappa shape index (κ2) is 8.03. The molecule has 29 heavy (non-hydrogen) atoms. The summed E-state index contributed by atoms with van der Waals surface area (Å²) in [4.78, 5) is 17.5. The fourth-order valence-electron chi connectivity index (χ4n) is 3.45. The van der Waals surface area contributed by atoms with Gasteiger partial charge in [-0.05, 0) is 37.1 Å². The molecule has 0 amide bonds. The first-order valence-corrected chi connectivity index (χ1v) is 11.7. The minimum absolute atomic E-state index is 0.171. The van der Waals surface area contributed by atoms with Crippen LogP contribution in [0.4, 0.5) is 0 Å². The predicted octanol–water partition coefficient (Wildman–Crippen LogP) is 3.96. The number of ketones is 1. The summed E-state index contributed by atoms with van der Waals surface area (Å²) in [6.07, 6.45) is 2.77. The Hall–Kier alpha value is -2.60. The normalized spacial score (nSPS) is 16.4. The lowest BCUT2D eigenvalue weighted by Gasteiger charge is -2.25. The summed E-state index contributed by atoms with van der Waals surface area (Å²) in [6.45, 7) is 1.05. The van der Waals surface area contributed by atoms with E-state index < -0.39 is 15.9 Å². The van der Waals surface area contributed by atoms with Crippen LogP contribution in [0, 0.1) is 11.3 Å².